The lowest BCUT2D eigenvalue weighted by atomic mass is 9.43. The second-order valence-corrected chi connectivity index (χ2v) is 10.7. The average Bonchev–Trinajstić information content (AvgIpc) is 3.12. The van der Waals surface area contributed by atoms with E-state index in [0.29, 0.717) is 24.0 Å². The van der Waals surface area contributed by atoms with Crippen LogP contribution in [0.1, 0.15) is 50.4 Å². The van der Waals surface area contributed by atoms with E-state index in [9.17, 15) is 19.7 Å². The Morgan fingerprint density at radius 2 is 1.74 bits per heavy atom. The van der Waals surface area contributed by atoms with Gasteiger partial charge in [-0.05, 0) is 46.1 Å². The van der Waals surface area contributed by atoms with Gasteiger partial charge in [-0.1, -0.05) is 0 Å². The third-order valence-corrected chi connectivity index (χ3v) is 7.29. The Kier molecular flexibility index (Phi) is 4.91. The van der Waals surface area contributed by atoms with E-state index in [1.807, 2.05) is 31.6 Å². The fraction of sp³-hybridized carbons (Fsp3) is 0.609. The summed E-state index contributed by atoms with van der Waals surface area (Å²) in [6.45, 7) is 8.53. The summed E-state index contributed by atoms with van der Waals surface area (Å²) in [7, 11) is 1.20. The lowest BCUT2D eigenvalue weighted by Gasteiger charge is -2.74. The van der Waals surface area contributed by atoms with Crippen molar-refractivity contribution in [3.63, 3.8) is 0 Å². The quantitative estimate of drug-likeness (QED) is 0.379. The molecule has 1 aromatic heterocycles. The highest BCUT2D eigenvalue weighted by molar-refractivity contribution is 5.99. The molecule has 6 rings (SSSR count). The lowest BCUT2D eigenvalue weighted by molar-refractivity contribution is -0.385. The van der Waals surface area contributed by atoms with Gasteiger partial charge >= 0.3 is 12.1 Å². The molecule has 0 spiro atoms. The summed E-state index contributed by atoms with van der Waals surface area (Å²) in [6, 6.07) is 2.83. The Labute approximate surface area is 196 Å². The van der Waals surface area contributed by atoms with Crippen molar-refractivity contribution < 1.29 is 24.0 Å². The number of amides is 1. The van der Waals surface area contributed by atoms with E-state index in [0.717, 1.165) is 32.4 Å². The molecule has 34 heavy (non-hydrogen) atoms. The van der Waals surface area contributed by atoms with E-state index >= 15 is 0 Å². The fourth-order valence-electron chi connectivity index (χ4n) is 5.68. The number of rotatable bonds is 4. The molecule has 3 saturated carbocycles. The zero-order chi connectivity index (χ0) is 24.5. The van der Waals surface area contributed by atoms with Gasteiger partial charge in [0.15, 0.2) is 0 Å². The van der Waals surface area contributed by atoms with Gasteiger partial charge in [0.25, 0.3) is 5.69 Å². The van der Waals surface area contributed by atoms with Crippen LogP contribution in [-0.2, 0) is 15.0 Å². The number of hydrogen-bond acceptors (Lipinski definition) is 8. The third kappa shape index (κ3) is 3.49. The van der Waals surface area contributed by atoms with Crippen molar-refractivity contribution in [2.24, 2.45) is 0 Å². The van der Waals surface area contributed by atoms with Crippen LogP contribution >= 0.6 is 0 Å². The number of hydrogen-bond donors (Lipinski definition) is 0. The zero-order valence-corrected chi connectivity index (χ0v) is 19.9. The predicted octanol–water partition coefficient (Wildman–Crippen LogP) is 2.92. The molecule has 11 nitrogen and oxygen atoms in total. The molecule has 182 valence electrons. The van der Waals surface area contributed by atoms with Crippen molar-refractivity contribution in [2.75, 3.05) is 33.3 Å². The molecule has 1 aliphatic heterocycles. The van der Waals surface area contributed by atoms with Gasteiger partial charge in [0.05, 0.1) is 23.1 Å². The first-order chi connectivity index (χ1) is 16.0. The number of nitro benzene ring substituents is 1. The molecule has 1 amide bonds. The summed E-state index contributed by atoms with van der Waals surface area (Å²) in [6.07, 6.45) is 4.43. The first-order valence-electron chi connectivity index (χ1n) is 11.4. The van der Waals surface area contributed by atoms with Crippen LogP contribution < -0.4 is 0 Å². The zero-order valence-electron chi connectivity index (χ0n) is 19.9. The molecule has 1 saturated heterocycles. The summed E-state index contributed by atoms with van der Waals surface area (Å²) in [4.78, 5) is 39.5. The highest BCUT2D eigenvalue weighted by Gasteiger charge is 2.71. The largest absolute Gasteiger partial charge is 0.465 e. The van der Waals surface area contributed by atoms with Crippen LogP contribution in [0, 0.1) is 10.1 Å². The Bertz CT molecular complexity index is 1170. The number of carbonyl (C=O) groups excluding carboxylic acids is 2. The number of nitrogens with zero attached hydrogens (tertiary/aromatic N) is 5. The molecular weight excluding hydrogens is 442 g/mol. The number of esters is 1. The fourth-order valence-corrected chi connectivity index (χ4v) is 5.68. The minimum Gasteiger partial charge on any atom is -0.465 e. The number of fused-ring (bicyclic) bond motifs is 1. The SMILES string of the molecule is COC(=O)c1cc2nn(C34CC(N5CCN(C(=O)OC(C)(C)C)CC5)(C3)C4)cc2cc1[N+](=O)[O-]. The lowest BCUT2D eigenvalue weighted by Crippen LogP contribution is -2.80. The van der Waals surface area contributed by atoms with Gasteiger partial charge in [0.1, 0.15) is 11.2 Å². The minimum absolute atomic E-state index is 0.0952. The number of ether oxygens (including phenoxy) is 2. The Hall–Kier alpha value is -3.21. The number of benzene rings is 1. The molecule has 4 fully saturated rings. The normalized spacial score (nSPS) is 26.5. The maximum absolute atomic E-state index is 12.3. The smallest absolute Gasteiger partial charge is 0.410 e. The van der Waals surface area contributed by atoms with Crippen molar-refractivity contribution in [1.82, 2.24) is 19.6 Å². The Morgan fingerprint density at radius 1 is 1.09 bits per heavy atom. The molecule has 0 radical (unpaired) electrons. The van der Waals surface area contributed by atoms with E-state index in [1.165, 1.54) is 19.2 Å². The molecular formula is C23H29N5O6. The third-order valence-electron chi connectivity index (χ3n) is 7.29. The van der Waals surface area contributed by atoms with Crippen LogP contribution in [0.4, 0.5) is 10.5 Å². The molecule has 3 aliphatic carbocycles. The predicted molar refractivity (Wildman–Crippen MR) is 122 cm³/mol. The molecule has 0 unspecified atom stereocenters. The first-order valence-corrected chi connectivity index (χ1v) is 11.4. The van der Waals surface area contributed by atoms with Gasteiger partial charge in [0, 0.05) is 49.4 Å². The van der Waals surface area contributed by atoms with E-state index in [1.54, 1.807) is 4.90 Å². The van der Waals surface area contributed by atoms with E-state index < -0.39 is 16.5 Å². The topological polar surface area (TPSA) is 120 Å². The van der Waals surface area contributed by atoms with Gasteiger partial charge in [-0.2, -0.15) is 5.10 Å². The minimum atomic E-state index is -0.752. The molecule has 0 N–H and O–H groups in total. The standard InChI is InChI=1S/C23H29N5O6/c1-21(2,3)34-20(30)25-5-7-26(8-6-25)22-12-23(13-22,14-22)27-11-15-9-18(28(31)32)16(19(29)33-4)10-17(15)24-27/h9-11H,5-8,12-14H2,1-4H3. The van der Waals surface area contributed by atoms with Crippen LogP contribution in [0.3, 0.4) is 0 Å². The highest BCUT2D eigenvalue weighted by atomic mass is 16.6. The molecule has 4 aliphatic rings. The van der Waals surface area contributed by atoms with Crippen molar-refractivity contribution >= 4 is 28.7 Å². The van der Waals surface area contributed by atoms with Crippen molar-refractivity contribution in [1.29, 1.82) is 0 Å². The van der Waals surface area contributed by atoms with Crippen molar-refractivity contribution in [3.05, 3.63) is 34.0 Å². The van der Waals surface area contributed by atoms with Gasteiger partial charge in [0.2, 0.25) is 0 Å². The molecule has 2 bridgehead atoms. The van der Waals surface area contributed by atoms with Crippen molar-refractivity contribution in [2.45, 2.75) is 56.7 Å². The van der Waals surface area contributed by atoms with Crippen LogP contribution in [-0.4, -0.2) is 81.0 Å². The van der Waals surface area contributed by atoms with Crippen molar-refractivity contribution in [3.8, 4) is 0 Å². The second kappa shape index (κ2) is 7.39. The second-order valence-electron chi connectivity index (χ2n) is 10.7. The van der Waals surface area contributed by atoms with Gasteiger partial charge < -0.3 is 14.4 Å². The van der Waals surface area contributed by atoms with Gasteiger partial charge in [-0.25, -0.2) is 9.59 Å². The Balaban J connectivity index is 1.26. The summed E-state index contributed by atoms with van der Waals surface area (Å²) in [5, 5.41) is 16.7. The summed E-state index contributed by atoms with van der Waals surface area (Å²) < 4.78 is 12.1. The molecule has 2 aromatic rings. The number of piperazine rings is 1. The molecule has 0 atom stereocenters. The molecule has 1 aromatic carbocycles. The summed E-state index contributed by atoms with van der Waals surface area (Å²) in [5.41, 5.74) is -0.309. The van der Waals surface area contributed by atoms with E-state index in [4.69, 9.17) is 9.47 Å². The van der Waals surface area contributed by atoms with Crippen LogP contribution in [0.2, 0.25) is 0 Å². The van der Waals surface area contributed by atoms with Crippen LogP contribution in [0.25, 0.3) is 10.9 Å². The molecule has 2 heterocycles. The maximum Gasteiger partial charge on any atom is 0.410 e. The van der Waals surface area contributed by atoms with E-state index in [2.05, 4.69) is 10.00 Å². The highest BCUT2D eigenvalue weighted by Crippen LogP contribution is 2.68. The monoisotopic (exact) mass is 471 g/mol. The van der Waals surface area contributed by atoms with Crippen LogP contribution in [0.5, 0.6) is 0 Å². The summed E-state index contributed by atoms with van der Waals surface area (Å²) >= 11 is 0. The van der Waals surface area contributed by atoms with E-state index in [-0.39, 0.29) is 28.4 Å². The number of nitro groups is 1. The first kappa shape index (κ1) is 22.6. The number of carbonyl (C=O) groups is 2. The van der Waals surface area contributed by atoms with Crippen LogP contribution in [0.15, 0.2) is 18.3 Å². The average molecular weight is 472 g/mol. The maximum atomic E-state index is 12.3. The number of methoxy groups -OCH3 is 1. The van der Waals surface area contributed by atoms with Gasteiger partial charge in [-0.15, -0.1) is 0 Å². The number of aromatic nitrogens is 2. The summed E-state index contributed by atoms with van der Waals surface area (Å²) in [5.74, 6) is -0.752. The molecule has 11 heteroatoms. The van der Waals surface area contributed by atoms with Gasteiger partial charge in [-0.3, -0.25) is 19.7 Å². The Morgan fingerprint density at radius 3 is 2.29 bits per heavy atom.